The lowest BCUT2D eigenvalue weighted by Crippen LogP contribution is -2.52. The Morgan fingerprint density at radius 2 is 1.97 bits per heavy atom. The number of carbonyl (C=O) groups excluding carboxylic acids is 1. The van der Waals surface area contributed by atoms with E-state index in [9.17, 15) is 9.18 Å². The van der Waals surface area contributed by atoms with Gasteiger partial charge >= 0.3 is 0 Å². The molecule has 2 N–H and O–H groups in total. The zero-order valence-corrected chi connectivity index (χ0v) is 20.0. The van der Waals surface area contributed by atoms with E-state index in [0.29, 0.717) is 53.2 Å². The predicted octanol–water partition coefficient (Wildman–Crippen LogP) is 3.95. The molecule has 2 aromatic carbocycles. The fourth-order valence-corrected chi connectivity index (χ4v) is 4.96. The van der Waals surface area contributed by atoms with E-state index in [1.807, 2.05) is 12.1 Å². The summed E-state index contributed by atoms with van der Waals surface area (Å²) < 4.78 is 26.6. The van der Waals surface area contributed by atoms with E-state index >= 15 is 0 Å². The number of methoxy groups -OCH3 is 1. The molecule has 0 atom stereocenters. The van der Waals surface area contributed by atoms with Crippen LogP contribution < -0.4 is 20.1 Å². The van der Waals surface area contributed by atoms with Crippen LogP contribution >= 0.6 is 0 Å². The van der Waals surface area contributed by atoms with Crippen LogP contribution in [-0.2, 0) is 4.79 Å². The molecule has 35 heavy (non-hydrogen) atoms. The fourth-order valence-electron chi connectivity index (χ4n) is 4.96. The molecule has 8 nitrogen and oxygen atoms in total. The van der Waals surface area contributed by atoms with Gasteiger partial charge in [0, 0.05) is 30.6 Å². The van der Waals surface area contributed by atoms with Gasteiger partial charge in [-0.05, 0) is 50.3 Å². The number of carbonyl (C=O) groups is 1. The SMILES string of the molecule is COc1cc2ncnc(Nc3cccc(C)c3F)c2cc1O[C@H]1CC[C@H](N2CCNC(=O)C2)CC1. The van der Waals surface area contributed by atoms with Crippen LogP contribution in [0.1, 0.15) is 31.2 Å². The molecule has 1 aromatic heterocycles. The molecule has 1 aliphatic heterocycles. The van der Waals surface area contributed by atoms with Gasteiger partial charge in [-0.3, -0.25) is 9.69 Å². The van der Waals surface area contributed by atoms with Crippen molar-refractivity contribution in [2.24, 2.45) is 0 Å². The number of hydrogen-bond donors (Lipinski definition) is 2. The number of nitrogens with one attached hydrogen (secondary N) is 2. The second-order valence-corrected chi connectivity index (χ2v) is 9.17. The molecule has 0 radical (unpaired) electrons. The Morgan fingerprint density at radius 1 is 1.14 bits per heavy atom. The Labute approximate surface area is 203 Å². The average molecular weight is 480 g/mol. The first-order valence-corrected chi connectivity index (χ1v) is 12.0. The van der Waals surface area contributed by atoms with Crippen LogP contribution in [0.3, 0.4) is 0 Å². The predicted molar refractivity (Wildman–Crippen MR) is 132 cm³/mol. The van der Waals surface area contributed by atoms with E-state index in [1.54, 1.807) is 32.2 Å². The normalized spacial score (nSPS) is 20.9. The Kier molecular flexibility index (Phi) is 6.68. The number of fused-ring (bicyclic) bond motifs is 1. The van der Waals surface area contributed by atoms with Crippen LogP contribution in [-0.4, -0.2) is 59.7 Å². The van der Waals surface area contributed by atoms with Crippen LogP contribution in [0.15, 0.2) is 36.7 Å². The molecule has 0 bridgehead atoms. The van der Waals surface area contributed by atoms with Crippen molar-refractivity contribution >= 4 is 28.3 Å². The first-order chi connectivity index (χ1) is 17.0. The zero-order chi connectivity index (χ0) is 24.4. The lowest BCUT2D eigenvalue weighted by Gasteiger charge is -2.38. The van der Waals surface area contributed by atoms with Crippen molar-refractivity contribution in [2.45, 2.75) is 44.8 Å². The van der Waals surface area contributed by atoms with Gasteiger partial charge in [-0.2, -0.15) is 0 Å². The molecule has 0 unspecified atom stereocenters. The number of benzene rings is 2. The van der Waals surface area contributed by atoms with Gasteiger partial charge in [-0.1, -0.05) is 12.1 Å². The van der Waals surface area contributed by atoms with Crippen molar-refractivity contribution in [3.8, 4) is 11.5 Å². The highest BCUT2D eigenvalue weighted by atomic mass is 19.1. The maximum Gasteiger partial charge on any atom is 0.234 e. The second kappa shape index (κ2) is 10.0. The molecule has 5 rings (SSSR count). The van der Waals surface area contributed by atoms with E-state index in [4.69, 9.17) is 9.47 Å². The van der Waals surface area contributed by atoms with Crippen molar-refractivity contribution in [3.05, 3.63) is 48.0 Å². The van der Waals surface area contributed by atoms with E-state index in [0.717, 1.165) is 37.6 Å². The summed E-state index contributed by atoms with van der Waals surface area (Å²) in [6.07, 6.45) is 5.25. The summed E-state index contributed by atoms with van der Waals surface area (Å²) >= 11 is 0. The standard InChI is InChI=1S/C26H30FN5O3/c1-16-4-3-5-20(25(16)27)31-26-19-12-23(22(34-2)13-21(19)29-15-30-26)35-18-8-6-17(7-9-18)32-11-10-28-24(33)14-32/h3-5,12-13,15,17-18H,6-11,14H2,1-2H3,(H,28,33)(H,29,30,31)/t17-,18-. The number of aryl methyl sites for hydroxylation is 1. The molecule has 1 saturated carbocycles. The minimum Gasteiger partial charge on any atom is -0.493 e. The first kappa shape index (κ1) is 23.3. The lowest BCUT2D eigenvalue weighted by molar-refractivity contribution is -0.125. The third-order valence-corrected chi connectivity index (χ3v) is 6.89. The summed E-state index contributed by atoms with van der Waals surface area (Å²) in [4.78, 5) is 22.8. The van der Waals surface area contributed by atoms with E-state index < -0.39 is 0 Å². The van der Waals surface area contributed by atoms with Gasteiger partial charge < -0.3 is 20.1 Å². The number of nitrogens with zero attached hydrogens (tertiary/aromatic N) is 3. The molecule has 1 amide bonds. The van der Waals surface area contributed by atoms with Crippen molar-refractivity contribution in [3.63, 3.8) is 0 Å². The Bertz CT molecular complexity index is 1230. The molecule has 1 aliphatic carbocycles. The minimum atomic E-state index is -0.313. The van der Waals surface area contributed by atoms with Gasteiger partial charge in [-0.25, -0.2) is 14.4 Å². The Balaban J connectivity index is 1.35. The monoisotopic (exact) mass is 479 g/mol. The van der Waals surface area contributed by atoms with Crippen LogP contribution in [0.25, 0.3) is 10.9 Å². The summed E-state index contributed by atoms with van der Waals surface area (Å²) in [5, 5.41) is 6.72. The summed E-state index contributed by atoms with van der Waals surface area (Å²) in [7, 11) is 1.61. The summed E-state index contributed by atoms with van der Waals surface area (Å²) in [6.45, 7) is 3.82. The quantitative estimate of drug-likeness (QED) is 0.553. The molecule has 2 heterocycles. The number of halogens is 1. The summed E-state index contributed by atoms with van der Waals surface area (Å²) in [5.41, 5.74) is 1.58. The fraction of sp³-hybridized carbons (Fsp3) is 0.423. The summed E-state index contributed by atoms with van der Waals surface area (Å²) in [5.74, 6) is 1.50. The van der Waals surface area contributed by atoms with Crippen LogP contribution in [0.4, 0.5) is 15.9 Å². The minimum absolute atomic E-state index is 0.0477. The van der Waals surface area contributed by atoms with Gasteiger partial charge in [-0.15, -0.1) is 0 Å². The van der Waals surface area contributed by atoms with E-state index in [-0.39, 0.29) is 17.8 Å². The average Bonchev–Trinajstić information content (AvgIpc) is 2.87. The molecule has 3 aromatic rings. The van der Waals surface area contributed by atoms with Crippen molar-refractivity contribution in [1.82, 2.24) is 20.2 Å². The molecular formula is C26H30FN5O3. The molecule has 2 aliphatic rings. The van der Waals surface area contributed by atoms with Gasteiger partial charge in [0.05, 0.1) is 31.0 Å². The molecule has 9 heteroatoms. The van der Waals surface area contributed by atoms with E-state index in [1.165, 1.54) is 6.33 Å². The smallest absolute Gasteiger partial charge is 0.234 e. The number of rotatable bonds is 6. The molecule has 1 saturated heterocycles. The van der Waals surface area contributed by atoms with Gasteiger partial charge in [0.15, 0.2) is 11.5 Å². The van der Waals surface area contributed by atoms with Crippen molar-refractivity contribution in [1.29, 1.82) is 0 Å². The van der Waals surface area contributed by atoms with Gasteiger partial charge in [0.25, 0.3) is 0 Å². The van der Waals surface area contributed by atoms with E-state index in [2.05, 4.69) is 25.5 Å². The number of piperazine rings is 1. The highest BCUT2D eigenvalue weighted by Crippen LogP contribution is 2.37. The van der Waals surface area contributed by atoms with Crippen LogP contribution in [0, 0.1) is 12.7 Å². The highest BCUT2D eigenvalue weighted by Gasteiger charge is 2.30. The highest BCUT2D eigenvalue weighted by molar-refractivity contribution is 5.93. The first-order valence-electron chi connectivity index (χ1n) is 12.0. The van der Waals surface area contributed by atoms with Gasteiger partial charge in [0.2, 0.25) is 5.91 Å². The maximum absolute atomic E-state index is 14.6. The number of ether oxygens (including phenoxy) is 2. The van der Waals surface area contributed by atoms with Gasteiger partial charge in [0.1, 0.15) is 18.0 Å². The van der Waals surface area contributed by atoms with Crippen LogP contribution in [0.5, 0.6) is 11.5 Å². The van der Waals surface area contributed by atoms with Crippen LogP contribution in [0.2, 0.25) is 0 Å². The number of aromatic nitrogens is 2. The van der Waals surface area contributed by atoms with Crippen molar-refractivity contribution in [2.75, 3.05) is 32.1 Å². The molecule has 184 valence electrons. The Morgan fingerprint density at radius 3 is 2.74 bits per heavy atom. The zero-order valence-electron chi connectivity index (χ0n) is 20.0. The molecule has 2 fully saturated rings. The lowest BCUT2D eigenvalue weighted by atomic mass is 9.91. The number of amides is 1. The third kappa shape index (κ3) is 5.00. The van der Waals surface area contributed by atoms with Crippen molar-refractivity contribution < 1.29 is 18.7 Å². The number of anilines is 2. The topological polar surface area (TPSA) is 88.6 Å². The third-order valence-electron chi connectivity index (χ3n) is 6.89. The molecular weight excluding hydrogens is 449 g/mol. The summed E-state index contributed by atoms with van der Waals surface area (Å²) in [6, 6.07) is 9.31. The molecule has 0 spiro atoms. The maximum atomic E-state index is 14.6. The second-order valence-electron chi connectivity index (χ2n) is 9.17. The number of hydrogen-bond acceptors (Lipinski definition) is 7. The Hall–Kier alpha value is -3.46. The largest absolute Gasteiger partial charge is 0.493 e.